The molecule has 226 valence electrons. The molecule has 0 amide bonds. The molecule has 2 heteroatoms. The Morgan fingerprint density at radius 3 is 1.40 bits per heavy atom. The van der Waals surface area contributed by atoms with Gasteiger partial charge in [0.15, 0.2) is 0 Å². The average Bonchev–Trinajstić information content (AvgIpc) is 3.00. The Morgan fingerprint density at radius 2 is 0.977 bits per heavy atom. The molecule has 0 aromatic rings. The van der Waals surface area contributed by atoms with Crippen molar-refractivity contribution in [2.45, 2.75) is 48.5 Å². The van der Waals surface area contributed by atoms with Crippen LogP contribution < -0.4 is 0 Å². The van der Waals surface area contributed by atoms with Crippen LogP contribution in [0, 0.1) is 0 Å². The van der Waals surface area contributed by atoms with E-state index < -0.39 is 0 Å². The number of hydrogen-bond acceptors (Lipinski definition) is 2. The van der Waals surface area contributed by atoms with E-state index in [0.717, 1.165) is 45.3 Å². The largest absolute Gasteiger partial charge is 0.315 e. The predicted octanol–water partition coefficient (Wildman–Crippen LogP) is 12.0. The lowest BCUT2D eigenvalue weighted by Crippen LogP contribution is -2.19. The normalized spacial score (nSPS) is 15.1. The van der Waals surface area contributed by atoms with Crippen LogP contribution in [0.2, 0.25) is 0 Å². The minimum atomic E-state index is 0.915. The molecule has 0 aliphatic carbocycles. The molecule has 0 rings (SSSR count). The van der Waals surface area contributed by atoms with Crippen LogP contribution in [0.5, 0.6) is 0 Å². The van der Waals surface area contributed by atoms with E-state index in [4.69, 9.17) is 0 Å². The first-order valence-electron chi connectivity index (χ1n) is 14.6. The maximum absolute atomic E-state index is 4.12. The summed E-state index contributed by atoms with van der Waals surface area (Å²) < 4.78 is 0. The monoisotopic (exact) mass is 572 g/mol. The van der Waals surface area contributed by atoms with Gasteiger partial charge < -0.3 is 9.80 Å². The van der Waals surface area contributed by atoms with Gasteiger partial charge in [0.25, 0.3) is 0 Å². The molecular weight excluding hydrogens is 520 g/mol. The van der Waals surface area contributed by atoms with Crippen molar-refractivity contribution in [2.24, 2.45) is 0 Å². The van der Waals surface area contributed by atoms with Gasteiger partial charge in [0.05, 0.1) is 0 Å². The molecule has 0 fully saturated rings. The zero-order valence-electron chi connectivity index (χ0n) is 27.6. The van der Waals surface area contributed by atoms with Crippen LogP contribution in [-0.2, 0) is 0 Å². The molecule has 0 aliphatic rings. The van der Waals surface area contributed by atoms with Gasteiger partial charge in [-0.1, -0.05) is 99.7 Å². The van der Waals surface area contributed by atoms with E-state index in [1.807, 2.05) is 101 Å². The Bertz CT molecular complexity index is 1310. The maximum atomic E-state index is 4.12. The molecule has 0 aliphatic heterocycles. The van der Waals surface area contributed by atoms with Gasteiger partial charge in [0.2, 0.25) is 0 Å². The van der Waals surface area contributed by atoms with Crippen LogP contribution in [0.25, 0.3) is 0 Å². The number of nitrogens with zero attached hydrogens (tertiary/aromatic N) is 2. The second-order valence-electron chi connectivity index (χ2n) is 9.14. The summed E-state index contributed by atoms with van der Waals surface area (Å²) in [6.45, 7) is 34.3. The summed E-state index contributed by atoms with van der Waals surface area (Å²) in [6, 6.07) is 0. The highest BCUT2D eigenvalue weighted by atomic mass is 15.2. The van der Waals surface area contributed by atoms with E-state index in [1.165, 1.54) is 0 Å². The molecule has 0 heterocycles. The van der Waals surface area contributed by atoms with Crippen molar-refractivity contribution in [1.82, 2.24) is 9.80 Å². The van der Waals surface area contributed by atoms with Gasteiger partial charge in [-0.25, -0.2) is 0 Å². The van der Waals surface area contributed by atoms with Crippen molar-refractivity contribution in [3.05, 3.63) is 206 Å². The third-order valence-corrected chi connectivity index (χ3v) is 6.09. The van der Waals surface area contributed by atoms with Gasteiger partial charge in [-0.3, -0.25) is 0 Å². The van der Waals surface area contributed by atoms with E-state index in [0.29, 0.717) is 0 Å². The van der Waals surface area contributed by atoms with E-state index in [-0.39, 0.29) is 0 Å². The molecule has 0 atom stereocenters. The van der Waals surface area contributed by atoms with Crippen molar-refractivity contribution in [2.75, 3.05) is 0 Å². The minimum Gasteiger partial charge on any atom is -0.315 e. The van der Waals surface area contributed by atoms with Crippen molar-refractivity contribution in [3.8, 4) is 0 Å². The van der Waals surface area contributed by atoms with Crippen LogP contribution in [0.4, 0.5) is 0 Å². The summed E-state index contributed by atoms with van der Waals surface area (Å²) in [5.41, 5.74) is 7.92. The van der Waals surface area contributed by atoms with Crippen molar-refractivity contribution in [3.63, 3.8) is 0 Å². The van der Waals surface area contributed by atoms with Gasteiger partial charge in [-0.15, -0.1) is 0 Å². The standard InChI is InChI=1S/C41H52N2/c1-13-23-29-38(21-9)43(37(20-8)24-14-2)39(22-10)33-30-34(11)36(19-7)32-31-35(12)42(40(25-15-3)26-16-4)41(27-17-5)28-18-6/h13-33H,3,5,7,9-10H2,1-2,4,6,8,11-12H3/b23-13-,24-14-,26-16-,28-18-,34-30+,35-31+,36-32+,37-20+,38-29+,39-33+,40-25+,41-27+. The van der Waals surface area contributed by atoms with Gasteiger partial charge in [0, 0.05) is 34.2 Å². The molecule has 0 unspecified atom stereocenters. The summed E-state index contributed by atoms with van der Waals surface area (Å²) >= 11 is 0. The lowest BCUT2D eigenvalue weighted by Gasteiger charge is -2.28. The second-order valence-corrected chi connectivity index (χ2v) is 9.14. The summed E-state index contributed by atoms with van der Waals surface area (Å²) in [6.07, 6.45) is 41.8. The van der Waals surface area contributed by atoms with E-state index in [2.05, 4.69) is 105 Å². The fraction of sp³-hybridized carbons (Fsp3) is 0.171. The van der Waals surface area contributed by atoms with Crippen molar-refractivity contribution < 1.29 is 0 Å². The lowest BCUT2D eigenvalue weighted by molar-refractivity contribution is 0.560. The average molecular weight is 573 g/mol. The third-order valence-electron chi connectivity index (χ3n) is 6.09. The Hall–Kier alpha value is -4.82. The first-order chi connectivity index (χ1) is 20.8. The molecular formula is C41H52N2. The molecule has 0 aromatic heterocycles. The Labute approximate surface area is 263 Å². The predicted molar refractivity (Wildman–Crippen MR) is 196 cm³/mol. The van der Waals surface area contributed by atoms with E-state index in [1.54, 1.807) is 12.2 Å². The number of allylic oxidation sites excluding steroid dienone is 24. The summed E-state index contributed by atoms with van der Waals surface area (Å²) in [5, 5.41) is 0. The highest BCUT2D eigenvalue weighted by Crippen LogP contribution is 2.26. The van der Waals surface area contributed by atoms with Gasteiger partial charge >= 0.3 is 0 Å². The fourth-order valence-electron chi connectivity index (χ4n) is 4.08. The topological polar surface area (TPSA) is 6.48 Å². The van der Waals surface area contributed by atoms with Crippen LogP contribution in [0.1, 0.15) is 48.5 Å². The second kappa shape index (κ2) is 22.8. The number of hydrogen-bond donors (Lipinski definition) is 0. The Balaban J connectivity index is 7.08. The van der Waals surface area contributed by atoms with Crippen LogP contribution in [0.15, 0.2) is 206 Å². The molecule has 0 bridgehead atoms. The maximum Gasteiger partial charge on any atom is 0.0455 e. The molecule has 0 spiro atoms. The van der Waals surface area contributed by atoms with E-state index >= 15 is 0 Å². The molecule has 0 saturated heterocycles. The Kier molecular flexibility index (Phi) is 20.3. The van der Waals surface area contributed by atoms with E-state index in [9.17, 15) is 0 Å². The molecule has 0 aromatic carbocycles. The summed E-state index contributed by atoms with van der Waals surface area (Å²) in [7, 11) is 0. The molecule has 0 saturated carbocycles. The third kappa shape index (κ3) is 12.7. The molecule has 2 nitrogen and oxygen atoms in total. The molecule has 0 radical (unpaired) electrons. The van der Waals surface area contributed by atoms with Gasteiger partial charge in [0.1, 0.15) is 0 Å². The molecule has 43 heavy (non-hydrogen) atoms. The minimum absolute atomic E-state index is 0.915. The van der Waals surface area contributed by atoms with Crippen molar-refractivity contribution >= 4 is 0 Å². The first kappa shape index (κ1) is 38.2. The fourth-order valence-corrected chi connectivity index (χ4v) is 4.08. The summed E-state index contributed by atoms with van der Waals surface area (Å²) in [4.78, 5) is 4.30. The number of rotatable bonds is 18. The van der Waals surface area contributed by atoms with Gasteiger partial charge in [-0.05, 0) is 120 Å². The van der Waals surface area contributed by atoms with Gasteiger partial charge in [-0.2, -0.15) is 0 Å². The van der Waals surface area contributed by atoms with Crippen LogP contribution in [0.3, 0.4) is 0 Å². The quantitative estimate of drug-likeness (QED) is 0.151. The first-order valence-corrected chi connectivity index (χ1v) is 14.6. The molecule has 0 N–H and O–H groups in total. The smallest absolute Gasteiger partial charge is 0.0455 e. The highest BCUT2D eigenvalue weighted by Gasteiger charge is 2.14. The zero-order chi connectivity index (χ0) is 32.6. The SMILES string of the molecule is C=C/C=C(\C=C/C)N(/C(C)=C/C=C(C=C)/C(C)=C/C=C(\C=C)N(/C(C=C)=C/C=C\C)C(/C=C\C)=C/C)C(/C=C\C)=C/C=C. The Morgan fingerprint density at radius 1 is 0.465 bits per heavy atom. The zero-order valence-corrected chi connectivity index (χ0v) is 27.6. The van der Waals surface area contributed by atoms with Crippen molar-refractivity contribution in [1.29, 1.82) is 0 Å². The highest BCUT2D eigenvalue weighted by molar-refractivity contribution is 5.46. The summed E-state index contributed by atoms with van der Waals surface area (Å²) in [5.74, 6) is 0. The van der Waals surface area contributed by atoms with Crippen LogP contribution >= 0.6 is 0 Å². The lowest BCUT2D eigenvalue weighted by atomic mass is 10.1. The van der Waals surface area contributed by atoms with Crippen LogP contribution in [-0.4, -0.2) is 9.80 Å².